The highest BCUT2D eigenvalue weighted by Crippen LogP contribution is 2.31. The number of anilines is 1. The third-order valence-electron chi connectivity index (χ3n) is 3.67. The van der Waals surface area contributed by atoms with Gasteiger partial charge in [0.15, 0.2) is 11.4 Å². The quantitative estimate of drug-likeness (QED) is 0.754. The molecule has 0 saturated carbocycles. The molecule has 1 fully saturated rings. The molecule has 0 spiro atoms. The molecule has 1 aliphatic heterocycles. The molecular formula is C13H12N6O2. The van der Waals surface area contributed by atoms with Gasteiger partial charge in [-0.1, -0.05) is 0 Å². The first-order valence-electron chi connectivity index (χ1n) is 6.50. The third kappa shape index (κ3) is 1.83. The number of nitrogens with two attached hydrogens (primary N) is 1. The SMILES string of the molecule is NC(=O)c1cnn(C2CN(c3nncc4ccoc34)C2)c1. The summed E-state index contributed by atoms with van der Waals surface area (Å²) in [4.78, 5) is 13.1. The summed E-state index contributed by atoms with van der Waals surface area (Å²) < 4.78 is 7.21. The van der Waals surface area contributed by atoms with E-state index in [1.165, 1.54) is 6.20 Å². The first kappa shape index (κ1) is 11.9. The Balaban J connectivity index is 1.54. The lowest BCUT2D eigenvalue weighted by molar-refractivity contribution is 0.1000. The van der Waals surface area contributed by atoms with E-state index in [9.17, 15) is 4.79 Å². The Morgan fingerprint density at radius 1 is 1.38 bits per heavy atom. The Labute approximate surface area is 119 Å². The maximum Gasteiger partial charge on any atom is 0.251 e. The van der Waals surface area contributed by atoms with Crippen molar-refractivity contribution in [3.8, 4) is 0 Å². The zero-order chi connectivity index (χ0) is 14.4. The average Bonchev–Trinajstić information content (AvgIpc) is 3.05. The van der Waals surface area contributed by atoms with E-state index in [2.05, 4.69) is 20.2 Å². The smallest absolute Gasteiger partial charge is 0.251 e. The summed E-state index contributed by atoms with van der Waals surface area (Å²) in [5.74, 6) is 0.264. The van der Waals surface area contributed by atoms with E-state index in [0.29, 0.717) is 5.56 Å². The van der Waals surface area contributed by atoms with Gasteiger partial charge in [-0.15, -0.1) is 5.10 Å². The van der Waals surface area contributed by atoms with E-state index in [-0.39, 0.29) is 6.04 Å². The van der Waals surface area contributed by atoms with Gasteiger partial charge in [0.1, 0.15) is 0 Å². The molecule has 1 saturated heterocycles. The summed E-state index contributed by atoms with van der Waals surface area (Å²) in [5.41, 5.74) is 6.38. The standard InChI is InChI=1S/C13H12N6O2/c14-12(20)9-4-16-19(5-9)10-6-18(7-10)13-11-8(1-2-21-11)3-15-17-13/h1-5,10H,6-7H2,(H2,14,20). The van der Waals surface area contributed by atoms with Crippen LogP contribution < -0.4 is 10.6 Å². The van der Waals surface area contributed by atoms with Crippen molar-refractivity contribution >= 4 is 22.7 Å². The first-order chi connectivity index (χ1) is 10.2. The lowest BCUT2D eigenvalue weighted by Gasteiger charge is -2.39. The van der Waals surface area contributed by atoms with Crippen LogP contribution in [0.2, 0.25) is 0 Å². The summed E-state index contributed by atoms with van der Waals surface area (Å²) >= 11 is 0. The van der Waals surface area contributed by atoms with Gasteiger partial charge in [0.05, 0.1) is 30.3 Å². The fourth-order valence-electron chi connectivity index (χ4n) is 2.46. The van der Waals surface area contributed by atoms with Gasteiger partial charge in [0.25, 0.3) is 5.91 Å². The number of hydrogen-bond donors (Lipinski definition) is 1. The van der Waals surface area contributed by atoms with Crippen molar-refractivity contribution in [1.82, 2.24) is 20.0 Å². The van der Waals surface area contributed by atoms with Crippen LogP contribution in [0.5, 0.6) is 0 Å². The van der Waals surface area contributed by atoms with Crippen LogP contribution in [0.1, 0.15) is 16.4 Å². The second-order valence-corrected chi connectivity index (χ2v) is 5.01. The van der Waals surface area contributed by atoms with E-state index in [4.69, 9.17) is 10.2 Å². The van der Waals surface area contributed by atoms with E-state index in [1.54, 1.807) is 23.3 Å². The Bertz CT molecular complexity index is 817. The molecule has 21 heavy (non-hydrogen) atoms. The lowest BCUT2D eigenvalue weighted by Crippen LogP contribution is -2.48. The Kier molecular flexibility index (Phi) is 2.44. The minimum Gasteiger partial charge on any atom is -0.460 e. The number of primary amides is 1. The normalized spacial score (nSPS) is 15.3. The molecule has 0 bridgehead atoms. The van der Waals surface area contributed by atoms with Crippen LogP contribution in [0, 0.1) is 0 Å². The van der Waals surface area contributed by atoms with Crippen LogP contribution in [0.15, 0.2) is 35.3 Å². The van der Waals surface area contributed by atoms with E-state index in [1.807, 2.05) is 6.07 Å². The van der Waals surface area contributed by atoms with Crippen LogP contribution in [0.4, 0.5) is 5.82 Å². The minimum absolute atomic E-state index is 0.185. The highest BCUT2D eigenvalue weighted by Gasteiger charge is 2.32. The molecule has 8 nitrogen and oxygen atoms in total. The molecule has 4 heterocycles. The van der Waals surface area contributed by atoms with E-state index in [0.717, 1.165) is 29.9 Å². The number of nitrogens with zero attached hydrogens (tertiary/aromatic N) is 5. The third-order valence-corrected chi connectivity index (χ3v) is 3.67. The van der Waals surface area contributed by atoms with Crippen molar-refractivity contribution in [1.29, 1.82) is 0 Å². The molecule has 4 rings (SSSR count). The van der Waals surface area contributed by atoms with Crippen LogP contribution in [-0.2, 0) is 0 Å². The van der Waals surface area contributed by atoms with Crippen molar-refractivity contribution in [2.24, 2.45) is 5.73 Å². The van der Waals surface area contributed by atoms with Crippen molar-refractivity contribution < 1.29 is 9.21 Å². The molecule has 3 aromatic rings. The molecule has 0 aliphatic carbocycles. The number of carbonyl (C=O) groups excluding carboxylic acids is 1. The molecule has 0 unspecified atom stereocenters. The van der Waals surface area contributed by atoms with Crippen LogP contribution >= 0.6 is 0 Å². The highest BCUT2D eigenvalue weighted by atomic mass is 16.3. The second-order valence-electron chi connectivity index (χ2n) is 5.01. The average molecular weight is 284 g/mol. The number of amides is 1. The molecule has 0 atom stereocenters. The monoisotopic (exact) mass is 284 g/mol. The predicted octanol–water partition coefficient (Wildman–Crippen LogP) is 0.579. The molecular weight excluding hydrogens is 272 g/mol. The summed E-state index contributed by atoms with van der Waals surface area (Å²) in [7, 11) is 0. The summed E-state index contributed by atoms with van der Waals surface area (Å²) in [6.07, 6.45) is 6.45. The minimum atomic E-state index is -0.469. The summed E-state index contributed by atoms with van der Waals surface area (Å²) in [6, 6.07) is 2.04. The molecule has 8 heteroatoms. The van der Waals surface area contributed by atoms with E-state index < -0.39 is 5.91 Å². The summed E-state index contributed by atoms with van der Waals surface area (Å²) in [6.45, 7) is 1.46. The number of fused-ring (bicyclic) bond motifs is 1. The topological polar surface area (TPSA) is 103 Å². The first-order valence-corrected chi connectivity index (χ1v) is 6.50. The Morgan fingerprint density at radius 2 is 2.24 bits per heavy atom. The van der Waals surface area contributed by atoms with Crippen molar-refractivity contribution in [2.75, 3.05) is 18.0 Å². The van der Waals surface area contributed by atoms with Gasteiger partial charge in [0.2, 0.25) is 0 Å². The van der Waals surface area contributed by atoms with Crippen molar-refractivity contribution in [3.05, 3.63) is 36.5 Å². The van der Waals surface area contributed by atoms with Crippen LogP contribution in [-0.4, -0.2) is 39.0 Å². The van der Waals surface area contributed by atoms with E-state index >= 15 is 0 Å². The van der Waals surface area contributed by atoms with Crippen LogP contribution in [0.25, 0.3) is 11.0 Å². The Hall–Kier alpha value is -2.90. The van der Waals surface area contributed by atoms with Crippen LogP contribution in [0.3, 0.4) is 0 Å². The van der Waals surface area contributed by atoms with Gasteiger partial charge in [-0.05, 0) is 6.07 Å². The van der Waals surface area contributed by atoms with Gasteiger partial charge < -0.3 is 15.1 Å². The number of hydrogen-bond acceptors (Lipinski definition) is 6. The number of carbonyl (C=O) groups is 1. The molecule has 1 amide bonds. The van der Waals surface area contributed by atoms with Gasteiger partial charge in [0, 0.05) is 24.7 Å². The maximum atomic E-state index is 11.1. The zero-order valence-electron chi connectivity index (χ0n) is 11.0. The molecule has 3 aromatic heterocycles. The number of furan rings is 1. The summed E-state index contributed by atoms with van der Waals surface area (Å²) in [5, 5.41) is 13.2. The predicted molar refractivity (Wildman–Crippen MR) is 73.8 cm³/mol. The molecule has 0 aromatic carbocycles. The molecule has 0 radical (unpaired) electrons. The maximum absolute atomic E-state index is 11.1. The number of rotatable bonds is 3. The molecule has 2 N–H and O–H groups in total. The van der Waals surface area contributed by atoms with Gasteiger partial charge in [-0.25, -0.2) is 0 Å². The molecule has 1 aliphatic rings. The fraction of sp³-hybridized carbons (Fsp3) is 0.231. The van der Waals surface area contributed by atoms with Gasteiger partial charge in [-0.2, -0.15) is 10.2 Å². The van der Waals surface area contributed by atoms with Crippen molar-refractivity contribution in [3.63, 3.8) is 0 Å². The largest absolute Gasteiger partial charge is 0.460 e. The van der Waals surface area contributed by atoms with Gasteiger partial charge >= 0.3 is 0 Å². The second kappa shape index (κ2) is 4.30. The fourth-order valence-corrected chi connectivity index (χ4v) is 2.46. The van der Waals surface area contributed by atoms with Crippen molar-refractivity contribution in [2.45, 2.75) is 6.04 Å². The Morgan fingerprint density at radius 3 is 3.00 bits per heavy atom. The zero-order valence-corrected chi connectivity index (χ0v) is 11.0. The molecule has 106 valence electrons. The number of aromatic nitrogens is 4. The lowest BCUT2D eigenvalue weighted by atomic mass is 10.1. The highest BCUT2D eigenvalue weighted by molar-refractivity contribution is 5.92. The van der Waals surface area contributed by atoms with Gasteiger partial charge in [-0.3, -0.25) is 9.48 Å².